The van der Waals surface area contributed by atoms with Gasteiger partial charge in [0.05, 0.1) is 4.90 Å². The third kappa shape index (κ3) is 5.22. The number of halogens is 1. The summed E-state index contributed by atoms with van der Waals surface area (Å²) in [6.45, 7) is 3.77. The maximum atomic E-state index is 12.2. The predicted octanol–water partition coefficient (Wildman–Crippen LogP) is 2.54. The largest absolute Gasteiger partial charge is 0.481 e. The van der Waals surface area contributed by atoms with Crippen LogP contribution in [0, 0.1) is 12.8 Å². The molecule has 0 aliphatic heterocycles. The summed E-state index contributed by atoms with van der Waals surface area (Å²) in [5, 5.41) is 8.59. The predicted molar refractivity (Wildman–Crippen MR) is 80.1 cm³/mol. The second kappa shape index (κ2) is 7.19. The van der Waals surface area contributed by atoms with Crippen molar-refractivity contribution in [3.63, 3.8) is 0 Å². The number of benzene rings is 1. The minimum absolute atomic E-state index is 0.0339. The van der Waals surface area contributed by atoms with Crippen molar-refractivity contribution < 1.29 is 18.3 Å². The molecular weight excluding hydrogens is 346 g/mol. The Hall–Kier alpha value is -0.920. The van der Waals surface area contributed by atoms with E-state index in [-0.39, 0.29) is 23.8 Å². The first kappa shape index (κ1) is 17.1. The van der Waals surface area contributed by atoms with E-state index in [1.54, 1.807) is 25.1 Å². The van der Waals surface area contributed by atoms with Crippen LogP contribution in [-0.2, 0) is 14.8 Å². The van der Waals surface area contributed by atoms with Gasteiger partial charge in [-0.3, -0.25) is 4.79 Å². The first-order valence-electron chi connectivity index (χ1n) is 6.20. The Labute approximate surface area is 127 Å². The molecule has 7 heteroatoms. The van der Waals surface area contributed by atoms with Crippen LogP contribution in [-0.4, -0.2) is 26.0 Å². The molecule has 0 aliphatic carbocycles. The maximum absolute atomic E-state index is 12.2. The van der Waals surface area contributed by atoms with Crippen molar-refractivity contribution in [2.45, 2.75) is 31.6 Å². The van der Waals surface area contributed by atoms with Gasteiger partial charge in [-0.2, -0.15) is 0 Å². The quantitative estimate of drug-likeness (QED) is 0.779. The molecule has 0 amide bonds. The minimum Gasteiger partial charge on any atom is -0.481 e. The van der Waals surface area contributed by atoms with E-state index in [9.17, 15) is 13.2 Å². The van der Waals surface area contributed by atoms with Gasteiger partial charge in [0.25, 0.3) is 0 Å². The van der Waals surface area contributed by atoms with E-state index in [1.807, 2.05) is 6.92 Å². The molecule has 1 aromatic rings. The molecule has 0 radical (unpaired) electrons. The molecule has 1 aromatic carbocycles. The van der Waals surface area contributed by atoms with Crippen LogP contribution >= 0.6 is 15.9 Å². The van der Waals surface area contributed by atoms with Crippen molar-refractivity contribution in [2.75, 3.05) is 6.54 Å². The summed E-state index contributed by atoms with van der Waals surface area (Å²) in [6, 6.07) is 5.07. The fourth-order valence-electron chi connectivity index (χ4n) is 1.67. The van der Waals surface area contributed by atoms with Gasteiger partial charge in [0.2, 0.25) is 10.0 Å². The van der Waals surface area contributed by atoms with Crippen LogP contribution in [0.2, 0.25) is 0 Å². The summed E-state index contributed by atoms with van der Waals surface area (Å²) in [5.41, 5.74) is 0.666. The number of carboxylic acids is 1. The molecule has 1 rings (SSSR count). The van der Waals surface area contributed by atoms with E-state index >= 15 is 0 Å². The van der Waals surface area contributed by atoms with Crippen LogP contribution in [0.3, 0.4) is 0 Å². The van der Waals surface area contributed by atoms with Gasteiger partial charge in [-0.25, -0.2) is 13.1 Å². The highest BCUT2D eigenvalue weighted by Gasteiger charge is 2.18. The van der Waals surface area contributed by atoms with Crippen molar-refractivity contribution in [1.29, 1.82) is 0 Å². The van der Waals surface area contributed by atoms with E-state index in [2.05, 4.69) is 20.7 Å². The number of nitrogens with one attached hydrogen (secondary N) is 1. The lowest BCUT2D eigenvalue weighted by Gasteiger charge is -2.13. The Morgan fingerprint density at radius 1 is 1.45 bits per heavy atom. The van der Waals surface area contributed by atoms with Crippen LogP contribution in [0.15, 0.2) is 27.6 Å². The van der Waals surface area contributed by atoms with E-state index < -0.39 is 16.0 Å². The molecule has 0 saturated carbocycles. The number of hydrogen-bond acceptors (Lipinski definition) is 3. The van der Waals surface area contributed by atoms with Crippen molar-refractivity contribution in [3.05, 3.63) is 28.2 Å². The van der Waals surface area contributed by atoms with E-state index in [1.165, 1.54) is 0 Å². The smallest absolute Gasteiger partial charge is 0.303 e. The SMILES string of the molecule is Cc1ccc(Br)cc1S(=O)(=O)NCC(C)CCC(=O)O. The number of sulfonamides is 1. The fraction of sp³-hybridized carbons (Fsp3) is 0.462. The lowest BCUT2D eigenvalue weighted by atomic mass is 10.1. The molecule has 1 unspecified atom stereocenters. The Kier molecular flexibility index (Phi) is 6.16. The molecule has 0 aromatic heterocycles. The molecule has 1 atom stereocenters. The van der Waals surface area contributed by atoms with Crippen molar-refractivity contribution >= 4 is 31.9 Å². The van der Waals surface area contributed by atoms with Crippen molar-refractivity contribution in [2.24, 2.45) is 5.92 Å². The summed E-state index contributed by atoms with van der Waals surface area (Å²) < 4.78 is 27.6. The van der Waals surface area contributed by atoms with Gasteiger partial charge >= 0.3 is 5.97 Å². The second-order valence-corrected chi connectivity index (χ2v) is 7.45. The van der Waals surface area contributed by atoms with Gasteiger partial charge in [-0.15, -0.1) is 0 Å². The lowest BCUT2D eigenvalue weighted by molar-refractivity contribution is -0.137. The third-order valence-electron chi connectivity index (χ3n) is 2.91. The summed E-state index contributed by atoms with van der Waals surface area (Å²) >= 11 is 3.25. The minimum atomic E-state index is -3.57. The molecule has 20 heavy (non-hydrogen) atoms. The fourth-order valence-corrected chi connectivity index (χ4v) is 3.61. The average Bonchev–Trinajstić information content (AvgIpc) is 2.36. The van der Waals surface area contributed by atoms with Crippen LogP contribution < -0.4 is 4.72 Å². The zero-order valence-corrected chi connectivity index (χ0v) is 13.8. The second-order valence-electron chi connectivity index (χ2n) is 4.80. The molecule has 0 spiro atoms. The number of aryl methyl sites for hydroxylation is 1. The number of carboxylic acid groups (broad SMARTS) is 1. The molecule has 0 aliphatic rings. The molecule has 0 bridgehead atoms. The van der Waals surface area contributed by atoms with Crippen LogP contribution in [0.1, 0.15) is 25.3 Å². The van der Waals surface area contributed by atoms with Gasteiger partial charge in [0.1, 0.15) is 0 Å². The molecule has 5 nitrogen and oxygen atoms in total. The zero-order valence-electron chi connectivity index (χ0n) is 11.4. The summed E-state index contributed by atoms with van der Waals surface area (Å²) in [6.07, 6.45) is 0.480. The van der Waals surface area contributed by atoms with Gasteiger partial charge in [-0.1, -0.05) is 28.9 Å². The highest BCUT2D eigenvalue weighted by atomic mass is 79.9. The Morgan fingerprint density at radius 3 is 2.70 bits per heavy atom. The van der Waals surface area contributed by atoms with Crippen LogP contribution in [0.4, 0.5) is 0 Å². The number of rotatable bonds is 7. The Morgan fingerprint density at radius 2 is 2.10 bits per heavy atom. The third-order valence-corrected chi connectivity index (χ3v) is 4.97. The highest BCUT2D eigenvalue weighted by Crippen LogP contribution is 2.20. The van der Waals surface area contributed by atoms with E-state index in [0.29, 0.717) is 16.5 Å². The van der Waals surface area contributed by atoms with E-state index in [4.69, 9.17) is 5.11 Å². The summed E-state index contributed by atoms with van der Waals surface area (Å²) in [5.74, 6) is -0.907. The molecule has 0 fully saturated rings. The summed E-state index contributed by atoms with van der Waals surface area (Å²) in [4.78, 5) is 10.7. The molecular formula is C13H18BrNO4S. The Bertz CT molecular complexity index is 586. The number of aliphatic carboxylic acids is 1. The average molecular weight is 364 g/mol. The Balaban J connectivity index is 2.70. The first-order chi connectivity index (χ1) is 9.22. The number of carbonyl (C=O) groups is 1. The van der Waals surface area contributed by atoms with Crippen LogP contribution in [0.25, 0.3) is 0 Å². The maximum Gasteiger partial charge on any atom is 0.303 e. The van der Waals surface area contributed by atoms with Crippen molar-refractivity contribution in [1.82, 2.24) is 4.72 Å². The molecule has 0 saturated heterocycles. The van der Waals surface area contributed by atoms with Gasteiger partial charge < -0.3 is 5.11 Å². The topological polar surface area (TPSA) is 83.5 Å². The molecule has 112 valence electrons. The monoisotopic (exact) mass is 363 g/mol. The normalized spacial score (nSPS) is 13.2. The van der Waals surface area contributed by atoms with Gasteiger partial charge in [0.15, 0.2) is 0 Å². The zero-order chi connectivity index (χ0) is 15.3. The van der Waals surface area contributed by atoms with Gasteiger partial charge in [-0.05, 0) is 37.0 Å². The first-order valence-corrected chi connectivity index (χ1v) is 8.47. The standard InChI is InChI=1S/C13H18BrNO4S/c1-9(3-6-13(16)17)8-15-20(18,19)12-7-11(14)5-4-10(12)2/h4-5,7,9,15H,3,6,8H2,1-2H3,(H,16,17). The van der Waals surface area contributed by atoms with Crippen LogP contribution in [0.5, 0.6) is 0 Å². The highest BCUT2D eigenvalue weighted by molar-refractivity contribution is 9.10. The molecule has 2 N–H and O–H groups in total. The van der Waals surface area contributed by atoms with E-state index in [0.717, 1.165) is 0 Å². The van der Waals surface area contributed by atoms with Crippen molar-refractivity contribution in [3.8, 4) is 0 Å². The molecule has 0 heterocycles. The van der Waals surface area contributed by atoms with Gasteiger partial charge in [0, 0.05) is 17.4 Å². The lowest BCUT2D eigenvalue weighted by Crippen LogP contribution is -2.29. The number of hydrogen-bond donors (Lipinski definition) is 2. The summed E-state index contributed by atoms with van der Waals surface area (Å²) in [7, 11) is -3.57.